The van der Waals surface area contributed by atoms with Crippen LogP contribution in [0.25, 0.3) is 0 Å². The Labute approximate surface area is 124 Å². The van der Waals surface area contributed by atoms with Gasteiger partial charge in [-0.2, -0.15) is 0 Å². The van der Waals surface area contributed by atoms with E-state index in [1.54, 1.807) is 0 Å². The maximum absolute atomic E-state index is 10.6. The van der Waals surface area contributed by atoms with Crippen molar-refractivity contribution in [1.29, 1.82) is 0 Å². The molecule has 0 spiro atoms. The molecule has 20 heavy (non-hydrogen) atoms. The van der Waals surface area contributed by atoms with E-state index in [0.717, 1.165) is 12.3 Å². The minimum absolute atomic E-state index is 0.159. The summed E-state index contributed by atoms with van der Waals surface area (Å²) in [6.07, 6.45) is 7.02. The summed E-state index contributed by atoms with van der Waals surface area (Å²) in [4.78, 5) is 0. The summed E-state index contributed by atoms with van der Waals surface area (Å²) in [6.45, 7) is 8.79. The molecule has 1 unspecified atom stereocenters. The van der Waals surface area contributed by atoms with Crippen molar-refractivity contribution in [2.75, 3.05) is 0 Å². The first-order chi connectivity index (χ1) is 9.51. The van der Waals surface area contributed by atoms with Crippen molar-refractivity contribution in [3.8, 4) is 0 Å². The second-order valence-electron chi connectivity index (χ2n) is 6.84. The third-order valence-corrected chi connectivity index (χ3v) is 5.27. The number of aliphatic hydroxyl groups is 1. The van der Waals surface area contributed by atoms with Crippen LogP contribution in [0, 0.1) is 32.6 Å². The molecule has 1 aromatic rings. The normalized spacial score (nSPS) is 24.6. The van der Waals surface area contributed by atoms with Crippen LogP contribution in [-0.2, 0) is 6.42 Å². The predicted octanol–water partition coefficient (Wildman–Crippen LogP) is 4.73. The highest BCUT2D eigenvalue weighted by atomic mass is 16.3. The van der Waals surface area contributed by atoms with Gasteiger partial charge >= 0.3 is 0 Å². The zero-order valence-electron chi connectivity index (χ0n) is 13.6. The summed E-state index contributed by atoms with van der Waals surface area (Å²) in [5.41, 5.74) is 5.36. The van der Waals surface area contributed by atoms with Crippen LogP contribution in [0.3, 0.4) is 0 Å². The van der Waals surface area contributed by atoms with E-state index in [-0.39, 0.29) is 6.10 Å². The molecule has 0 heterocycles. The van der Waals surface area contributed by atoms with Crippen molar-refractivity contribution in [3.05, 3.63) is 34.4 Å². The second-order valence-corrected chi connectivity index (χ2v) is 6.84. The maximum Gasteiger partial charge on any atom is 0.0608 e. The number of rotatable bonds is 4. The van der Waals surface area contributed by atoms with Crippen molar-refractivity contribution in [3.63, 3.8) is 0 Å². The standard InChI is InChI=1S/C19H30O/c1-5-16-6-8-17(9-7-16)19(20)12-18-14(3)10-13(2)11-15(18)4/h10-11,16-17,19-20H,5-9,12H2,1-4H3. The van der Waals surface area contributed by atoms with E-state index in [1.165, 1.54) is 54.4 Å². The van der Waals surface area contributed by atoms with Gasteiger partial charge < -0.3 is 5.11 Å². The van der Waals surface area contributed by atoms with Gasteiger partial charge in [0.15, 0.2) is 0 Å². The van der Waals surface area contributed by atoms with Crippen molar-refractivity contribution >= 4 is 0 Å². The van der Waals surface area contributed by atoms with Gasteiger partial charge in [0.05, 0.1) is 6.10 Å². The highest BCUT2D eigenvalue weighted by Gasteiger charge is 2.26. The maximum atomic E-state index is 10.6. The lowest BCUT2D eigenvalue weighted by Gasteiger charge is -2.31. The molecular formula is C19H30O. The fourth-order valence-electron chi connectivity index (χ4n) is 3.89. The van der Waals surface area contributed by atoms with Crippen LogP contribution in [0.15, 0.2) is 12.1 Å². The zero-order valence-corrected chi connectivity index (χ0v) is 13.6. The monoisotopic (exact) mass is 274 g/mol. The van der Waals surface area contributed by atoms with Crippen LogP contribution >= 0.6 is 0 Å². The Bertz CT molecular complexity index is 418. The van der Waals surface area contributed by atoms with Crippen LogP contribution in [-0.4, -0.2) is 11.2 Å². The minimum atomic E-state index is -0.159. The summed E-state index contributed by atoms with van der Waals surface area (Å²) in [7, 11) is 0. The molecule has 1 N–H and O–H groups in total. The predicted molar refractivity (Wildman–Crippen MR) is 86.1 cm³/mol. The van der Waals surface area contributed by atoms with Crippen LogP contribution in [0.2, 0.25) is 0 Å². The molecule has 112 valence electrons. The first-order valence-electron chi connectivity index (χ1n) is 8.26. The van der Waals surface area contributed by atoms with Gasteiger partial charge in [0, 0.05) is 0 Å². The van der Waals surface area contributed by atoms with Crippen LogP contribution in [0.1, 0.15) is 61.3 Å². The van der Waals surface area contributed by atoms with E-state index >= 15 is 0 Å². The summed E-state index contributed by atoms with van der Waals surface area (Å²) in [6, 6.07) is 4.48. The molecular weight excluding hydrogens is 244 g/mol. The first kappa shape index (κ1) is 15.6. The lowest BCUT2D eigenvalue weighted by Crippen LogP contribution is -2.28. The molecule has 1 nitrogen and oxygen atoms in total. The van der Waals surface area contributed by atoms with Crippen LogP contribution in [0.4, 0.5) is 0 Å². The smallest absolute Gasteiger partial charge is 0.0608 e. The molecule has 1 fully saturated rings. The highest BCUT2D eigenvalue weighted by Crippen LogP contribution is 2.34. The lowest BCUT2D eigenvalue weighted by atomic mass is 9.77. The SMILES string of the molecule is CCC1CCC(C(O)Cc2c(C)cc(C)cc2C)CC1. The Hall–Kier alpha value is -0.820. The van der Waals surface area contributed by atoms with Crippen molar-refractivity contribution in [2.24, 2.45) is 11.8 Å². The molecule has 2 rings (SSSR count). The Balaban J connectivity index is 2.00. The topological polar surface area (TPSA) is 20.2 Å². The average Bonchev–Trinajstić information content (AvgIpc) is 2.42. The molecule has 1 atom stereocenters. The first-order valence-corrected chi connectivity index (χ1v) is 8.26. The summed E-state index contributed by atoms with van der Waals surface area (Å²) in [5, 5.41) is 10.6. The van der Waals surface area contributed by atoms with Gasteiger partial charge in [-0.3, -0.25) is 0 Å². The van der Waals surface area contributed by atoms with E-state index in [2.05, 4.69) is 39.8 Å². The molecule has 0 aliphatic heterocycles. The third-order valence-electron chi connectivity index (χ3n) is 5.27. The molecule has 1 aromatic carbocycles. The minimum Gasteiger partial charge on any atom is -0.392 e. The van der Waals surface area contributed by atoms with Gasteiger partial charge in [0.1, 0.15) is 0 Å². The quantitative estimate of drug-likeness (QED) is 0.841. The van der Waals surface area contributed by atoms with Crippen molar-refractivity contribution in [1.82, 2.24) is 0 Å². The molecule has 0 saturated heterocycles. The zero-order chi connectivity index (χ0) is 14.7. The van der Waals surface area contributed by atoms with E-state index in [0.29, 0.717) is 5.92 Å². The number of aryl methyl sites for hydroxylation is 3. The van der Waals surface area contributed by atoms with Crippen LogP contribution < -0.4 is 0 Å². The molecule has 0 bridgehead atoms. The molecule has 1 heteroatoms. The van der Waals surface area contributed by atoms with Gasteiger partial charge in [-0.25, -0.2) is 0 Å². The largest absolute Gasteiger partial charge is 0.392 e. The van der Waals surface area contributed by atoms with E-state index in [4.69, 9.17) is 0 Å². The van der Waals surface area contributed by atoms with E-state index in [9.17, 15) is 5.11 Å². The van der Waals surface area contributed by atoms with Gasteiger partial charge in [-0.15, -0.1) is 0 Å². The summed E-state index contributed by atoms with van der Waals surface area (Å²) in [5.74, 6) is 1.42. The fraction of sp³-hybridized carbons (Fsp3) is 0.684. The number of benzene rings is 1. The van der Waals surface area contributed by atoms with Gasteiger partial charge in [0.2, 0.25) is 0 Å². The molecule has 1 aliphatic rings. The second kappa shape index (κ2) is 6.76. The number of aliphatic hydroxyl groups excluding tert-OH is 1. The molecule has 1 saturated carbocycles. The summed E-state index contributed by atoms with van der Waals surface area (Å²) < 4.78 is 0. The molecule has 0 aromatic heterocycles. The van der Waals surface area contributed by atoms with Gasteiger partial charge in [0.25, 0.3) is 0 Å². The Morgan fingerprint density at radius 3 is 2.10 bits per heavy atom. The summed E-state index contributed by atoms with van der Waals surface area (Å²) >= 11 is 0. The molecule has 0 radical (unpaired) electrons. The number of hydrogen-bond donors (Lipinski definition) is 1. The van der Waals surface area contributed by atoms with Gasteiger partial charge in [-0.1, -0.05) is 43.9 Å². The Morgan fingerprint density at radius 2 is 1.60 bits per heavy atom. The van der Waals surface area contributed by atoms with E-state index in [1.807, 2.05) is 0 Å². The molecule has 0 amide bonds. The number of hydrogen-bond acceptors (Lipinski definition) is 1. The lowest BCUT2D eigenvalue weighted by molar-refractivity contribution is 0.0733. The fourth-order valence-corrected chi connectivity index (χ4v) is 3.89. The average molecular weight is 274 g/mol. The Morgan fingerprint density at radius 1 is 1.05 bits per heavy atom. The third kappa shape index (κ3) is 3.63. The molecule has 1 aliphatic carbocycles. The highest BCUT2D eigenvalue weighted by molar-refractivity contribution is 5.37. The van der Waals surface area contributed by atoms with Gasteiger partial charge in [-0.05, 0) is 68.6 Å². The van der Waals surface area contributed by atoms with E-state index < -0.39 is 0 Å². The Kier molecular flexibility index (Phi) is 5.26. The van der Waals surface area contributed by atoms with Crippen molar-refractivity contribution in [2.45, 2.75) is 72.3 Å². The van der Waals surface area contributed by atoms with Crippen molar-refractivity contribution < 1.29 is 5.11 Å². The van der Waals surface area contributed by atoms with Crippen LogP contribution in [0.5, 0.6) is 0 Å².